The van der Waals surface area contributed by atoms with E-state index in [1.54, 1.807) is 31.2 Å². The van der Waals surface area contributed by atoms with Crippen molar-refractivity contribution in [2.45, 2.75) is 33.1 Å². The summed E-state index contributed by atoms with van der Waals surface area (Å²) in [7, 11) is 0. The molecule has 0 aliphatic rings. The Morgan fingerprint density at radius 3 is 2.28 bits per heavy atom. The van der Waals surface area contributed by atoms with Crippen LogP contribution < -0.4 is 10.6 Å². The lowest BCUT2D eigenvalue weighted by Gasteiger charge is -2.23. The number of para-hydroxylation sites is 1. The topological polar surface area (TPSA) is 50.4 Å². The van der Waals surface area contributed by atoms with Crippen molar-refractivity contribution in [1.29, 1.82) is 0 Å². The van der Waals surface area contributed by atoms with Crippen molar-refractivity contribution in [1.82, 2.24) is 0 Å². The maximum absolute atomic E-state index is 11.7. The monoisotopic (exact) mass is 356 g/mol. The van der Waals surface area contributed by atoms with Crippen LogP contribution in [0.2, 0.25) is 0 Å². The Kier molecular flexibility index (Phi) is 6.15. The van der Waals surface area contributed by atoms with Gasteiger partial charge in [0.05, 0.1) is 12.2 Å². The molecule has 0 radical (unpaired) electrons. The van der Waals surface area contributed by atoms with Crippen LogP contribution in [0.15, 0.2) is 48.5 Å². The van der Waals surface area contributed by atoms with Crippen LogP contribution in [0.5, 0.6) is 0 Å². The van der Waals surface area contributed by atoms with Gasteiger partial charge in [-0.15, -0.1) is 0 Å². The van der Waals surface area contributed by atoms with Crippen molar-refractivity contribution in [2.24, 2.45) is 0 Å². The molecule has 2 rings (SSSR count). The van der Waals surface area contributed by atoms with E-state index >= 15 is 0 Å². The number of carbonyl (C=O) groups is 1. The molecule has 5 heteroatoms. The summed E-state index contributed by atoms with van der Waals surface area (Å²) in [5.74, 6) is -0.325. The first-order valence-electron chi connectivity index (χ1n) is 8.26. The van der Waals surface area contributed by atoms with Gasteiger partial charge in [-0.3, -0.25) is 0 Å². The number of carbonyl (C=O) groups excluding carboxylic acids is 1. The number of rotatable bonds is 4. The standard InChI is InChI=1S/C20H24N2O2S/c1-5-24-18(23)14-10-12-15(13-11-14)21-19(25)22-17-9-7-6-8-16(17)20(2,3)4/h6-13H,5H2,1-4H3,(H2,21,22,25). The van der Waals surface area contributed by atoms with Gasteiger partial charge in [-0.25, -0.2) is 4.79 Å². The van der Waals surface area contributed by atoms with Gasteiger partial charge in [0.2, 0.25) is 0 Å². The van der Waals surface area contributed by atoms with E-state index in [1.807, 2.05) is 18.2 Å². The van der Waals surface area contributed by atoms with E-state index < -0.39 is 0 Å². The molecule has 0 aromatic heterocycles. The Morgan fingerprint density at radius 1 is 1.04 bits per heavy atom. The van der Waals surface area contributed by atoms with Crippen LogP contribution in [0.3, 0.4) is 0 Å². The zero-order chi connectivity index (χ0) is 18.4. The van der Waals surface area contributed by atoms with Gasteiger partial charge in [0, 0.05) is 11.4 Å². The highest BCUT2D eigenvalue weighted by molar-refractivity contribution is 7.80. The van der Waals surface area contributed by atoms with Crippen molar-refractivity contribution < 1.29 is 9.53 Å². The summed E-state index contributed by atoms with van der Waals surface area (Å²) in [6.45, 7) is 8.64. The minimum Gasteiger partial charge on any atom is -0.462 e. The first-order valence-corrected chi connectivity index (χ1v) is 8.67. The zero-order valence-electron chi connectivity index (χ0n) is 15.1. The van der Waals surface area contributed by atoms with Crippen LogP contribution >= 0.6 is 12.2 Å². The highest BCUT2D eigenvalue weighted by Gasteiger charge is 2.17. The fourth-order valence-electron chi connectivity index (χ4n) is 2.43. The summed E-state index contributed by atoms with van der Waals surface area (Å²) in [5.41, 5.74) is 3.51. The van der Waals surface area contributed by atoms with E-state index in [-0.39, 0.29) is 11.4 Å². The zero-order valence-corrected chi connectivity index (χ0v) is 15.9. The SMILES string of the molecule is CCOC(=O)c1ccc(NC(=S)Nc2ccccc2C(C)(C)C)cc1. The molecule has 0 saturated carbocycles. The van der Waals surface area contributed by atoms with Gasteiger partial charge in [-0.05, 0) is 60.5 Å². The van der Waals surface area contributed by atoms with Crippen molar-refractivity contribution >= 4 is 34.7 Å². The molecular weight excluding hydrogens is 332 g/mol. The maximum Gasteiger partial charge on any atom is 0.338 e. The summed E-state index contributed by atoms with van der Waals surface area (Å²) in [6, 6.07) is 15.1. The highest BCUT2D eigenvalue weighted by Crippen LogP contribution is 2.29. The molecule has 25 heavy (non-hydrogen) atoms. The number of thiocarbonyl (C=S) groups is 1. The van der Waals surface area contributed by atoms with Crippen LogP contribution in [-0.4, -0.2) is 17.7 Å². The van der Waals surface area contributed by atoms with Crippen LogP contribution in [0.1, 0.15) is 43.6 Å². The van der Waals surface area contributed by atoms with Gasteiger partial charge in [0.25, 0.3) is 0 Å². The van der Waals surface area contributed by atoms with E-state index in [0.29, 0.717) is 17.3 Å². The molecule has 0 aliphatic heterocycles. The molecular formula is C20H24N2O2S. The molecule has 0 atom stereocenters. The fourth-order valence-corrected chi connectivity index (χ4v) is 2.66. The molecule has 0 fully saturated rings. The average Bonchev–Trinajstić information content (AvgIpc) is 2.55. The van der Waals surface area contributed by atoms with Gasteiger partial charge >= 0.3 is 5.97 Å². The molecule has 2 aromatic rings. The molecule has 0 heterocycles. The second-order valence-corrected chi connectivity index (χ2v) is 7.08. The molecule has 0 amide bonds. The van der Waals surface area contributed by atoms with Gasteiger partial charge < -0.3 is 15.4 Å². The quantitative estimate of drug-likeness (QED) is 0.598. The first kappa shape index (κ1) is 18.9. The molecule has 0 aliphatic carbocycles. The van der Waals surface area contributed by atoms with Crippen molar-refractivity contribution in [3.63, 3.8) is 0 Å². The number of hydrogen-bond acceptors (Lipinski definition) is 3. The lowest BCUT2D eigenvalue weighted by molar-refractivity contribution is 0.0526. The van der Waals surface area contributed by atoms with Crippen LogP contribution in [-0.2, 0) is 10.2 Å². The summed E-state index contributed by atoms with van der Waals surface area (Å²) >= 11 is 5.41. The molecule has 4 nitrogen and oxygen atoms in total. The molecule has 132 valence electrons. The third-order valence-electron chi connectivity index (χ3n) is 3.64. The van der Waals surface area contributed by atoms with Crippen LogP contribution in [0, 0.1) is 0 Å². The lowest BCUT2D eigenvalue weighted by Crippen LogP contribution is -2.22. The van der Waals surface area contributed by atoms with Crippen molar-refractivity contribution in [3.8, 4) is 0 Å². The molecule has 0 bridgehead atoms. The van der Waals surface area contributed by atoms with E-state index in [1.165, 1.54) is 5.56 Å². The largest absolute Gasteiger partial charge is 0.462 e. The van der Waals surface area contributed by atoms with Gasteiger partial charge in [-0.1, -0.05) is 39.0 Å². The van der Waals surface area contributed by atoms with E-state index in [0.717, 1.165) is 11.4 Å². The summed E-state index contributed by atoms with van der Waals surface area (Å²) in [6.07, 6.45) is 0. The minimum atomic E-state index is -0.325. The number of nitrogens with one attached hydrogen (secondary N) is 2. The third-order valence-corrected chi connectivity index (χ3v) is 3.84. The number of esters is 1. The van der Waals surface area contributed by atoms with Crippen LogP contribution in [0.25, 0.3) is 0 Å². The van der Waals surface area contributed by atoms with Gasteiger partial charge in [0.15, 0.2) is 5.11 Å². The Hall–Kier alpha value is -2.40. The predicted molar refractivity (Wildman–Crippen MR) is 107 cm³/mol. The van der Waals surface area contributed by atoms with Gasteiger partial charge in [0.1, 0.15) is 0 Å². The molecule has 0 saturated heterocycles. The highest BCUT2D eigenvalue weighted by atomic mass is 32.1. The summed E-state index contributed by atoms with van der Waals surface area (Å²) in [4.78, 5) is 11.7. The van der Waals surface area contributed by atoms with E-state index in [4.69, 9.17) is 17.0 Å². The number of ether oxygens (including phenoxy) is 1. The van der Waals surface area contributed by atoms with Crippen molar-refractivity contribution in [2.75, 3.05) is 17.2 Å². The van der Waals surface area contributed by atoms with E-state index in [2.05, 4.69) is 37.5 Å². The average molecular weight is 356 g/mol. The number of hydrogen-bond donors (Lipinski definition) is 2. The Morgan fingerprint density at radius 2 is 1.68 bits per heavy atom. The summed E-state index contributed by atoms with van der Waals surface area (Å²) < 4.78 is 4.98. The molecule has 0 unspecified atom stereocenters. The lowest BCUT2D eigenvalue weighted by atomic mass is 9.86. The van der Waals surface area contributed by atoms with Gasteiger partial charge in [-0.2, -0.15) is 0 Å². The fraction of sp³-hybridized carbons (Fsp3) is 0.300. The molecule has 2 aromatic carbocycles. The maximum atomic E-state index is 11.7. The molecule has 0 spiro atoms. The Labute approximate surface area is 154 Å². The Bertz CT molecular complexity index is 749. The van der Waals surface area contributed by atoms with Crippen LogP contribution in [0.4, 0.5) is 11.4 Å². The second kappa shape index (κ2) is 8.12. The third kappa shape index (κ3) is 5.29. The second-order valence-electron chi connectivity index (χ2n) is 6.67. The first-order chi connectivity index (χ1) is 11.8. The molecule has 2 N–H and O–H groups in total. The number of benzene rings is 2. The van der Waals surface area contributed by atoms with Crippen molar-refractivity contribution in [3.05, 3.63) is 59.7 Å². The van der Waals surface area contributed by atoms with E-state index in [9.17, 15) is 4.79 Å². The minimum absolute atomic E-state index is 0.0144. The smallest absolute Gasteiger partial charge is 0.338 e. The normalized spacial score (nSPS) is 10.9. The predicted octanol–water partition coefficient (Wildman–Crippen LogP) is 4.97. The Balaban J connectivity index is 2.05. The summed E-state index contributed by atoms with van der Waals surface area (Å²) in [5, 5.41) is 6.89. The number of anilines is 2.